The van der Waals surface area contributed by atoms with E-state index in [0.717, 1.165) is 12.8 Å². The number of nitrogens with zero attached hydrogens (tertiary/aromatic N) is 2. The van der Waals surface area contributed by atoms with Crippen LogP contribution in [-0.2, 0) is 0 Å². The summed E-state index contributed by atoms with van der Waals surface area (Å²) in [5.41, 5.74) is 0. The van der Waals surface area contributed by atoms with Crippen LogP contribution in [0.2, 0.25) is 5.02 Å². The highest BCUT2D eigenvalue weighted by Crippen LogP contribution is 2.21. The van der Waals surface area contributed by atoms with Crippen molar-refractivity contribution in [3.63, 3.8) is 0 Å². The van der Waals surface area contributed by atoms with Crippen LogP contribution in [0.3, 0.4) is 0 Å². The molecule has 0 aromatic carbocycles. The number of ether oxygens (including phenoxy) is 1. The van der Waals surface area contributed by atoms with Crippen LogP contribution >= 0.6 is 11.6 Å². The van der Waals surface area contributed by atoms with Gasteiger partial charge in [-0.05, 0) is 6.42 Å². The van der Waals surface area contributed by atoms with Crippen LogP contribution < -0.4 is 10.1 Å². The van der Waals surface area contributed by atoms with E-state index in [4.69, 9.17) is 16.3 Å². The van der Waals surface area contributed by atoms with Crippen LogP contribution in [0.4, 0.5) is 5.95 Å². The van der Waals surface area contributed by atoms with Gasteiger partial charge in [-0.15, -0.1) is 0 Å². The summed E-state index contributed by atoms with van der Waals surface area (Å²) < 4.78 is 5.40. The van der Waals surface area contributed by atoms with Gasteiger partial charge in [0.2, 0.25) is 11.8 Å². The van der Waals surface area contributed by atoms with E-state index in [1.165, 1.54) is 6.20 Å². The third-order valence-corrected chi connectivity index (χ3v) is 1.93. The second-order valence-electron chi connectivity index (χ2n) is 2.80. The standard InChI is InChI=1S/C9H14ClN3O/c1-3-4-5-14-8-7(10)6-12-9(11-2)13-8/h6H,3-5H2,1-2H3,(H,11,12,13). The number of rotatable bonds is 5. The molecule has 5 heteroatoms. The fourth-order valence-corrected chi connectivity index (χ4v) is 1.03. The van der Waals surface area contributed by atoms with Gasteiger partial charge in [0.15, 0.2) is 0 Å². The minimum atomic E-state index is 0.444. The van der Waals surface area contributed by atoms with E-state index in [1.807, 2.05) is 0 Å². The van der Waals surface area contributed by atoms with Gasteiger partial charge in [0.05, 0.1) is 12.8 Å². The lowest BCUT2D eigenvalue weighted by Gasteiger charge is -2.06. The van der Waals surface area contributed by atoms with Crippen molar-refractivity contribution in [3.05, 3.63) is 11.2 Å². The SMILES string of the molecule is CCCCOc1nc(NC)ncc1Cl. The zero-order valence-corrected chi connectivity index (χ0v) is 9.14. The molecule has 14 heavy (non-hydrogen) atoms. The van der Waals surface area contributed by atoms with Gasteiger partial charge in [-0.3, -0.25) is 0 Å². The third kappa shape index (κ3) is 3.03. The van der Waals surface area contributed by atoms with Crippen molar-refractivity contribution in [3.8, 4) is 5.88 Å². The predicted molar refractivity (Wildman–Crippen MR) is 57.0 cm³/mol. The molecular formula is C9H14ClN3O. The second-order valence-corrected chi connectivity index (χ2v) is 3.21. The van der Waals surface area contributed by atoms with Gasteiger partial charge in [0, 0.05) is 7.05 Å². The maximum atomic E-state index is 5.85. The minimum absolute atomic E-state index is 0.444. The fourth-order valence-electron chi connectivity index (χ4n) is 0.886. The molecule has 0 bridgehead atoms. The van der Waals surface area contributed by atoms with E-state index in [-0.39, 0.29) is 0 Å². The molecule has 1 N–H and O–H groups in total. The maximum Gasteiger partial charge on any atom is 0.237 e. The summed E-state index contributed by atoms with van der Waals surface area (Å²) in [5.74, 6) is 0.959. The number of nitrogens with one attached hydrogen (secondary N) is 1. The normalized spacial score (nSPS) is 9.93. The summed E-state index contributed by atoms with van der Waals surface area (Å²) in [6, 6.07) is 0. The molecule has 1 rings (SSSR count). The van der Waals surface area contributed by atoms with E-state index in [2.05, 4.69) is 22.2 Å². The highest BCUT2D eigenvalue weighted by Gasteiger charge is 2.04. The highest BCUT2D eigenvalue weighted by atomic mass is 35.5. The monoisotopic (exact) mass is 215 g/mol. The van der Waals surface area contributed by atoms with Crippen molar-refractivity contribution in [1.29, 1.82) is 0 Å². The average Bonchev–Trinajstić information content (AvgIpc) is 2.21. The van der Waals surface area contributed by atoms with E-state index < -0.39 is 0 Å². The second kappa shape index (κ2) is 5.65. The molecule has 0 radical (unpaired) electrons. The molecule has 1 heterocycles. The van der Waals surface area contributed by atoms with Gasteiger partial charge in [0.1, 0.15) is 5.02 Å². The summed E-state index contributed by atoms with van der Waals surface area (Å²) in [5, 5.41) is 3.27. The lowest BCUT2D eigenvalue weighted by molar-refractivity contribution is 0.298. The number of halogens is 1. The Labute approximate surface area is 88.7 Å². The van der Waals surface area contributed by atoms with Gasteiger partial charge >= 0.3 is 0 Å². The van der Waals surface area contributed by atoms with E-state index in [9.17, 15) is 0 Å². The maximum absolute atomic E-state index is 5.85. The Kier molecular flexibility index (Phi) is 4.46. The van der Waals surface area contributed by atoms with Crippen molar-refractivity contribution in [1.82, 2.24) is 9.97 Å². The van der Waals surface area contributed by atoms with Crippen molar-refractivity contribution in [2.24, 2.45) is 0 Å². The van der Waals surface area contributed by atoms with Crippen molar-refractivity contribution in [2.75, 3.05) is 19.0 Å². The average molecular weight is 216 g/mol. The molecule has 0 spiro atoms. The first-order chi connectivity index (χ1) is 6.77. The van der Waals surface area contributed by atoms with Gasteiger partial charge < -0.3 is 10.1 Å². The van der Waals surface area contributed by atoms with Gasteiger partial charge in [-0.2, -0.15) is 4.98 Å². The third-order valence-electron chi connectivity index (χ3n) is 1.67. The summed E-state index contributed by atoms with van der Waals surface area (Å²) in [7, 11) is 1.75. The summed E-state index contributed by atoms with van der Waals surface area (Å²) in [4.78, 5) is 8.04. The van der Waals surface area contributed by atoms with Crippen molar-refractivity contribution >= 4 is 17.5 Å². The molecule has 1 aromatic heterocycles. The Morgan fingerprint density at radius 1 is 1.57 bits per heavy atom. The van der Waals surface area contributed by atoms with E-state index >= 15 is 0 Å². The van der Waals surface area contributed by atoms with Gasteiger partial charge in [-0.1, -0.05) is 24.9 Å². The van der Waals surface area contributed by atoms with Gasteiger partial charge in [-0.25, -0.2) is 4.98 Å². The largest absolute Gasteiger partial charge is 0.476 e. The molecular weight excluding hydrogens is 202 g/mol. The summed E-state index contributed by atoms with van der Waals surface area (Å²) in [6.07, 6.45) is 3.61. The topological polar surface area (TPSA) is 47.0 Å². The number of unbranched alkanes of at least 4 members (excludes halogenated alkanes) is 1. The minimum Gasteiger partial charge on any atom is -0.476 e. The zero-order valence-electron chi connectivity index (χ0n) is 8.38. The smallest absolute Gasteiger partial charge is 0.237 e. The van der Waals surface area contributed by atoms with Crippen LogP contribution in [0.15, 0.2) is 6.20 Å². The van der Waals surface area contributed by atoms with E-state index in [1.54, 1.807) is 7.05 Å². The number of hydrogen-bond donors (Lipinski definition) is 1. The number of anilines is 1. The fraction of sp³-hybridized carbons (Fsp3) is 0.556. The summed E-state index contributed by atoms with van der Waals surface area (Å²) >= 11 is 5.85. The van der Waals surface area contributed by atoms with Crippen LogP contribution in [0.25, 0.3) is 0 Å². The highest BCUT2D eigenvalue weighted by molar-refractivity contribution is 6.31. The first-order valence-electron chi connectivity index (χ1n) is 4.61. The summed E-state index contributed by atoms with van der Waals surface area (Å²) in [6.45, 7) is 2.74. The number of hydrogen-bond acceptors (Lipinski definition) is 4. The Bertz CT molecular complexity index is 293. The molecule has 0 aliphatic carbocycles. The predicted octanol–water partition coefficient (Wildman–Crippen LogP) is 2.35. The van der Waals surface area contributed by atoms with Crippen LogP contribution in [-0.4, -0.2) is 23.6 Å². The molecule has 0 aliphatic rings. The Balaban J connectivity index is 2.64. The molecule has 0 aliphatic heterocycles. The molecule has 0 fully saturated rings. The molecule has 0 saturated heterocycles. The molecule has 1 aromatic rings. The number of aromatic nitrogens is 2. The van der Waals surface area contributed by atoms with Gasteiger partial charge in [0.25, 0.3) is 0 Å². The lowest BCUT2D eigenvalue weighted by atomic mass is 10.4. The Morgan fingerprint density at radius 2 is 2.36 bits per heavy atom. The van der Waals surface area contributed by atoms with Crippen molar-refractivity contribution < 1.29 is 4.74 Å². The molecule has 4 nitrogen and oxygen atoms in total. The quantitative estimate of drug-likeness (QED) is 0.766. The molecule has 0 atom stereocenters. The van der Waals surface area contributed by atoms with Crippen molar-refractivity contribution in [2.45, 2.75) is 19.8 Å². The first kappa shape index (κ1) is 11.0. The molecule has 0 amide bonds. The van der Waals surface area contributed by atoms with E-state index in [0.29, 0.717) is 23.5 Å². The molecule has 78 valence electrons. The Morgan fingerprint density at radius 3 is 3.00 bits per heavy atom. The zero-order chi connectivity index (χ0) is 10.4. The first-order valence-corrected chi connectivity index (χ1v) is 4.98. The van der Waals surface area contributed by atoms with Crippen LogP contribution in [0.5, 0.6) is 5.88 Å². The Hall–Kier alpha value is -1.03. The van der Waals surface area contributed by atoms with Crippen LogP contribution in [0, 0.1) is 0 Å². The molecule has 0 saturated carbocycles. The molecule has 0 unspecified atom stereocenters. The van der Waals surface area contributed by atoms with Crippen LogP contribution in [0.1, 0.15) is 19.8 Å². The lowest BCUT2D eigenvalue weighted by Crippen LogP contribution is -2.02.